The van der Waals surface area contributed by atoms with Crippen molar-refractivity contribution in [3.8, 4) is 0 Å². The Balaban J connectivity index is 1.84. The number of halogens is 6. The molecule has 0 saturated carbocycles. The molecule has 1 unspecified atom stereocenters. The molecule has 1 atom stereocenters. The third-order valence-corrected chi connectivity index (χ3v) is 6.98. The highest BCUT2D eigenvalue weighted by Gasteiger charge is 2.34. The molecule has 0 spiro atoms. The van der Waals surface area contributed by atoms with E-state index in [1.807, 2.05) is 0 Å². The lowest BCUT2D eigenvalue weighted by atomic mass is 10.0. The summed E-state index contributed by atoms with van der Waals surface area (Å²) in [6.45, 7) is 1.60. The minimum absolute atomic E-state index is 0.0280. The van der Waals surface area contributed by atoms with Gasteiger partial charge in [-0.05, 0) is 44.4 Å². The lowest BCUT2D eigenvalue weighted by molar-refractivity contribution is -0.137. The maximum Gasteiger partial charge on any atom is 0.416 e. The number of benzene rings is 1. The first-order valence-corrected chi connectivity index (χ1v) is 11.5. The summed E-state index contributed by atoms with van der Waals surface area (Å²) in [6, 6.07) is 3.79. The van der Waals surface area contributed by atoms with Crippen LogP contribution in [0.5, 0.6) is 0 Å². The van der Waals surface area contributed by atoms with Crippen LogP contribution in [0.15, 0.2) is 29.2 Å². The summed E-state index contributed by atoms with van der Waals surface area (Å²) < 4.78 is 107. The van der Waals surface area contributed by atoms with Crippen molar-refractivity contribution in [2.45, 2.75) is 43.3 Å². The molecule has 32 heavy (non-hydrogen) atoms. The monoisotopic (exact) mass is 481 g/mol. The van der Waals surface area contributed by atoms with E-state index in [-0.39, 0.29) is 11.7 Å². The van der Waals surface area contributed by atoms with Gasteiger partial charge in [0.25, 0.3) is 5.95 Å². The molecule has 176 valence electrons. The molecule has 0 amide bonds. The molecular formula is C20H21F6N3O2S. The maximum absolute atomic E-state index is 15.1. The number of nitrogens with zero attached hydrogens (tertiary/aromatic N) is 2. The number of aromatic nitrogens is 1. The second-order valence-corrected chi connectivity index (χ2v) is 9.59. The van der Waals surface area contributed by atoms with Crippen LogP contribution in [0.25, 0.3) is 0 Å². The Hall–Kier alpha value is -2.50. The number of hydrogen-bond acceptors (Lipinski definition) is 5. The minimum atomic E-state index is -4.67. The van der Waals surface area contributed by atoms with Crippen molar-refractivity contribution in [2.24, 2.45) is 0 Å². The number of sulfone groups is 1. The van der Waals surface area contributed by atoms with E-state index < -0.39 is 62.2 Å². The largest absolute Gasteiger partial charge is 0.416 e. The van der Waals surface area contributed by atoms with Crippen molar-refractivity contribution in [1.29, 1.82) is 0 Å². The average Bonchev–Trinajstić information content (AvgIpc) is 2.71. The van der Waals surface area contributed by atoms with Crippen LogP contribution < -0.4 is 10.2 Å². The van der Waals surface area contributed by atoms with Crippen LogP contribution in [0.3, 0.4) is 0 Å². The van der Waals surface area contributed by atoms with E-state index in [9.17, 15) is 30.4 Å². The van der Waals surface area contributed by atoms with Gasteiger partial charge in [-0.2, -0.15) is 22.5 Å². The highest BCUT2D eigenvalue weighted by atomic mass is 32.2. The van der Waals surface area contributed by atoms with E-state index in [1.165, 1.54) is 11.0 Å². The van der Waals surface area contributed by atoms with Gasteiger partial charge in [0, 0.05) is 24.8 Å². The number of nitrogens with one attached hydrogen (secondary N) is 1. The second-order valence-electron chi connectivity index (χ2n) is 7.55. The number of rotatable bonds is 6. The van der Waals surface area contributed by atoms with Crippen LogP contribution in [-0.4, -0.2) is 38.3 Å². The van der Waals surface area contributed by atoms with Gasteiger partial charge in [0.15, 0.2) is 27.3 Å². The topological polar surface area (TPSA) is 62.3 Å². The summed E-state index contributed by atoms with van der Waals surface area (Å²) in [5.41, 5.74) is -0.973. The molecule has 1 fully saturated rings. The summed E-state index contributed by atoms with van der Waals surface area (Å²) in [5, 5.41) is 2.48. The average molecular weight is 481 g/mol. The number of piperidine rings is 1. The summed E-state index contributed by atoms with van der Waals surface area (Å²) >= 11 is 0. The SMILES string of the molecule is CC1CCCCN1c1nc(F)c(F)c(S(=O)(=O)CCNc2cccc(C(F)(F)F)c2)c1F. The molecule has 1 saturated heterocycles. The van der Waals surface area contributed by atoms with E-state index in [1.54, 1.807) is 6.92 Å². The van der Waals surface area contributed by atoms with Crippen molar-refractivity contribution in [3.63, 3.8) is 0 Å². The van der Waals surface area contributed by atoms with Gasteiger partial charge in [0.1, 0.15) is 4.90 Å². The number of anilines is 2. The summed E-state index contributed by atoms with van der Waals surface area (Å²) in [7, 11) is -4.67. The minimum Gasteiger partial charge on any atom is -0.384 e. The third-order valence-electron chi connectivity index (χ3n) is 5.26. The van der Waals surface area contributed by atoms with E-state index in [4.69, 9.17) is 0 Å². The van der Waals surface area contributed by atoms with Crippen LogP contribution >= 0.6 is 0 Å². The van der Waals surface area contributed by atoms with E-state index in [0.29, 0.717) is 19.4 Å². The molecule has 1 aliphatic heterocycles. The Labute approximate surface area is 181 Å². The maximum atomic E-state index is 15.1. The van der Waals surface area contributed by atoms with Crippen molar-refractivity contribution < 1.29 is 34.8 Å². The quantitative estimate of drug-likeness (QED) is 0.475. The van der Waals surface area contributed by atoms with Crippen LogP contribution in [0, 0.1) is 17.6 Å². The molecule has 1 aliphatic rings. The first-order valence-electron chi connectivity index (χ1n) is 9.87. The highest BCUT2D eigenvalue weighted by Crippen LogP contribution is 2.33. The van der Waals surface area contributed by atoms with Crippen LogP contribution in [-0.2, 0) is 16.0 Å². The Kier molecular flexibility index (Phi) is 6.91. The molecule has 12 heteroatoms. The molecule has 0 bridgehead atoms. The van der Waals surface area contributed by atoms with Gasteiger partial charge in [-0.1, -0.05) is 6.07 Å². The standard InChI is InChI=1S/C20H21F6N3O2S/c1-12-5-2-3-9-29(12)19-16(22)17(15(21)18(23)28-19)32(30,31)10-8-27-14-7-4-6-13(11-14)20(24,25)26/h4,6-7,11-12,27H,2-3,5,8-10H2,1H3. The van der Waals surface area contributed by atoms with Crippen molar-refractivity contribution in [1.82, 2.24) is 4.98 Å². The number of alkyl halides is 3. The molecule has 0 aliphatic carbocycles. The fourth-order valence-electron chi connectivity index (χ4n) is 3.60. The molecule has 2 heterocycles. The van der Waals surface area contributed by atoms with Gasteiger partial charge in [0.2, 0.25) is 0 Å². The van der Waals surface area contributed by atoms with Gasteiger partial charge in [-0.15, -0.1) is 0 Å². The van der Waals surface area contributed by atoms with Gasteiger partial charge in [-0.3, -0.25) is 0 Å². The summed E-state index contributed by atoms with van der Waals surface area (Å²) in [6.07, 6.45) is -2.42. The third kappa shape index (κ3) is 5.11. The highest BCUT2D eigenvalue weighted by molar-refractivity contribution is 7.91. The van der Waals surface area contributed by atoms with Crippen LogP contribution in [0.4, 0.5) is 37.8 Å². The second kappa shape index (κ2) is 9.16. The summed E-state index contributed by atoms with van der Waals surface area (Å²) in [5.74, 6) is -6.58. The predicted molar refractivity (Wildman–Crippen MR) is 107 cm³/mol. The lowest BCUT2D eigenvalue weighted by Crippen LogP contribution is -2.39. The lowest BCUT2D eigenvalue weighted by Gasteiger charge is -2.34. The van der Waals surface area contributed by atoms with Gasteiger partial charge >= 0.3 is 6.18 Å². The van der Waals surface area contributed by atoms with Gasteiger partial charge in [0.05, 0.1) is 11.3 Å². The predicted octanol–water partition coefficient (Wildman–Crippen LogP) is 4.78. The Morgan fingerprint density at radius 2 is 1.88 bits per heavy atom. The van der Waals surface area contributed by atoms with Crippen LogP contribution in [0.1, 0.15) is 31.7 Å². The molecular weight excluding hydrogens is 460 g/mol. The van der Waals surface area contributed by atoms with E-state index in [2.05, 4.69) is 10.3 Å². The normalized spacial score (nSPS) is 17.5. The van der Waals surface area contributed by atoms with E-state index >= 15 is 4.39 Å². The smallest absolute Gasteiger partial charge is 0.384 e. The molecule has 2 aromatic rings. The molecule has 1 N–H and O–H groups in total. The molecule has 5 nitrogen and oxygen atoms in total. The molecule has 0 radical (unpaired) electrons. The Morgan fingerprint density at radius 1 is 1.16 bits per heavy atom. The fraction of sp³-hybridized carbons (Fsp3) is 0.450. The van der Waals surface area contributed by atoms with Crippen LogP contribution in [0.2, 0.25) is 0 Å². The number of pyridine rings is 1. The first kappa shape index (κ1) is 24.1. The van der Waals surface area contributed by atoms with Gasteiger partial charge < -0.3 is 10.2 Å². The Bertz CT molecular complexity index is 1090. The van der Waals surface area contributed by atoms with Crippen molar-refractivity contribution in [3.05, 3.63) is 47.4 Å². The first-order chi connectivity index (χ1) is 14.9. The zero-order chi connectivity index (χ0) is 23.7. The van der Waals surface area contributed by atoms with Crippen molar-refractivity contribution >= 4 is 21.3 Å². The molecule has 3 rings (SSSR count). The Morgan fingerprint density at radius 3 is 2.53 bits per heavy atom. The van der Waals surface area contributed by atoms with E-state index in [0.717, 1.165) is 24.6 Å². The summed E-state index contributed by atoms with van der Waals surface area (Å²) in [4.78, 5) is 3.28. The molecule has 1 aromatic heterocycles. The zero-order valence-corrected chi connectivity index (χ0v) is 17.8. The zero-order valence-electron chi connectivity index (χ0n) is 17.0. The van der Waals surface area contributed by atoms with Gasteiger partial charge in [-0.25, -0.2) is 17.2 Å². The number of hydrogen-bond donors (Lipinski definition) is 1. The fourth-order valence-corrected chi connectivity index (χ4v) is 4.89. The van der Waals surface area contributed by atoms with Crippen molar-refractivity contribution in [2.75, 3.05) is 29.1 Å². The molecule has 1 aromatic carbocycles.